The van der Waals surface area contributed by atoms with Crippen molar-refractivity contribution in [1.29, 1.82) is 0 Å². The van der Waals surface area contributed by atoms with Crippen LogP contribution in [0, 0.1) is 6.92 Å². The lowest BCUT2D eigenvalue weighted by atomic mass is 10.2. The van der Waals surface area contributed by atoms with Gasteiger partial charge in [-0.05, 0) is 31.2 Å². The van der Waals surface area contributed by atoms with E-state index in [0.29, 0.717) is 6.54 Å². The van der Waals surface area contributed by atoms with Crippen molar-refractivity contribution in [2.45, 2.75) is 13.5 Å². The van der Waals surface area contributed by atoms with Crippen LogP contribution in [0.2, 0.25) is 0 Å². The maximum Gasteiger partial charge on any atom is 0.266 e. The molecule has 8 nitrogen and oxygen atoms in total. The second-order valence-corrected chi connectivity index (χ2v) is 6.81. The lowest BCUT2D eigenvalue weighted by molar-refractivity contribution is 0.242. The fourth-order valence-electron chi connectivity index (χ4n) is 3.33. The van der Waals surface area contributed by atoms with Crippen LogP contribution in [0.5, 0.6) is 0 Å². The predicted molar refractivity (Wildman–Crippen MR) is 107 cm³/mol. The summed E-state index contributed by atoms with van der Waals surface area (Å²) in [7, 11) is 0. The molecule has 0 bridgehead atoms. The highest BCUT2D eigenvalue weighted by Crippen LogP contribution is 2.14. The SMILES string of the molecule is Cc1nccc(N2CCN(CCn3nc(-c4cccnc4)ccc3=O)CC2)n1. The van der Waals surface area contributed by atoms with Gasteiger partial charge in [-0.2, -0.15) is 5.10 Å². The van der Waals surface area contributed by atoms with Gasteiger partial charge in [0.1, 0.15) is 11.6 Å². The lowest BCUT2D eigenvalue weighted by Gasteiger charge is -2.35. The Labute approximate surface area is 163 Å². The molecule has 4 rings (SSSR count). The number of anilines is 1. The number of hydrogen-bond donors (Lipinski definition) is 0. The van der Waals surface area contributed by atoms with Crippen molar-refractivity contribution in [3.05, 3.63) is 65.1 Å². The fraction of sp³-hybridized carbons (Fsp3) is 0.350. The minimum absolute atomic E-state index is 0.0808. The van der Waals surface area contributed by atoms with Crippen LogP contribution >= 0.6 is 0 Å². The van der Waals surface area contributed by atoms with Crippen LogP contribution < -0.4 is 10.5 Å². The lowest BCUT2D eigenvalue weighted by Crippen LogP contribution is -2.48. The summed E-state index contributed by atoms with van der Waals surface area (Å²) in [5, 5.41) is 4.51. The average molecular weight is 377 g/mol. The Hall–Kier alpha value is -3.13. The summed E-state index contributed by atoms with van der Waals surface area (Å²) in [5.74, 6) is 1.77. The van der Waals surface area contributed by atoms with Gasteiger partial charge in [0, 0.05) is 62.9 Å². The third-order valence-electron chi connectivity index (χ3n) is 4.91. The average Bonchev–Trinajstić information content (AvgIpc) is 2.74. The van der Waals surface area contributed by atoms with Crippen LogP contribution in [0.15, 0.2) is 53.7 Å². The van der Waals surface area contributed by atoms with Gasteiger partial charge in [-0.1, -0.05) is 0 Å². The monoisotopic (exact) mass is 377 g/mol. The molecule has 1 fully saturated rings. The third-order valence-corrected chi connectivity index (χ3v) is 4.91. The second kappa shape index (κ2) is 8.26. The zero-order valence-electron chi connectivity index (χ0n) is 15.9. The molecule has 0 aromatic carbocycles. The van der Waals surface area contributed by atoms with Crippen molar-refractivity contribution in [3.63, 3.8) is 0 Å². The maximum absolute atomic E-state index is 12.2. The van der Waals surface area contributed by atoms with Gasteiger partial charge in [0.2, 0.25) is 0 Å². The van der Waals surface area contributed by atoms with E-state index in [4.69, 9.17) is 0 Å². The van der Waals surface area contributed by atoms with Crippen LogP contribution in [-0.4, -0.2) is 62.4 Å². The summed E-state index contributed by atoms with van der Waals surface area (Å²) < 4.78 is 1.54. The molecule has 3 aromatic rings. The molecule has 28 heavy (non-hydrogen) atoms. The second-order valence-electron chi connectivity index (χ2n) is 6.81. The van der Waals surface area contributed by atoms with Crippen molar-refractivity contribution in [2.75, 3.05) is 37.6 Å². The van der Waals surface area contributed by atoms with Crippen LogP contribution in [-0.2, 0) is 6.54 Å². The van der Waals surface area contributed by atoms with E-state index in [2.05, 4.69) is 29.9 Å². The summed E-state index contributed by atoms with van der Waals surface area (Å²) in [6, 6.07) is 9.09. The van der Waals surface area contributed by atoms with Crippen LogP contribution in [0.25, 0.3) is 11.3 Å². The number of rotatable bonds is 5. The molecule has 0 atom stereocenters. The molecule has 0 saturated carbocycles. The van der Waals surface area contributed by atoms with Gasteiger partial charge >= 0.3 is 0 Å². The summed E-state index contributed by atoms with van der Waals surface area (Å²) in [4.78, 5) is 29.6. The van der Waals surface area contributed by atoms with Gasteiger partial charge in [0.05, 0.1) is 12.2 Å². The highest BCUT2D eigenvalue weighted by molar-refractivity contribution is 5.56. The Morgan fingerprint density at radius 1 is 1.00 bits per heavy atom. The minimum atomic E-state index is -0.0808. The van der Waals surface area contributed by atoms with E-state index in [1.807, 2.05) is 25.1 Å². The highest BCUT2D eigenvalue weighted by Gasteiger charge is 2.18. The van der Waals surface area contributed by atoms with Crippen molar-refractivity contribution in [1.82, 2.24) is 29.6 Å². The van der Waals surface area contributed by atoms with E-state index < -0.39 is 0 Å². The minimum Gasteiger partial charge on any atom is -0.354 e. The van der Waals surface area contributed by atoms with E-state index in [-0.39, 0.29) is 5.56 Å². The Bertz CT molecular complexity index is 981. The number of nitrogens with zero attached hydrogens (tertiary/aromatic N) is 7. The maximum atomic E-state index is 12.2. The first kappa shape index (κ1) is 18.2. The van der Waals surface area contributed by atoms with E-state index in [1.54, 1.807) is 35.4 Å². The highest BCUT2D eigenvalue weighted by atomic mass is 16.1. The molecular formula is C20H23N7O. The number of aryl methyl sites for hydroxylation is 1. The van der Waals surface area contributed by atoms with Gasteiger partial charge in [0.15, 0.2) is 0 Å². The molecule has 8 heteroatoms. The number of aromatic nitrogens is 5. The fourth-order valence-corrected chi connectivity index (χ4v) is 3.33. The zero-order valence-corrected chi connectivity index (χ0v) is 15.9. The molecular weight excluding hydrogens is 354 g/mol. The van der Waals surface area contributed by atoms with Gasteiger partial charge < -0.3 is 4.90 Å². The van der Waals surface area contributed by atoms with E-state index in [9.17, 15) is 4.79 Å². The van der Waals surface area contributed by atoms with Crippen molar-refractivity contribution in [3.8, 4) is 11.3 Å². The van der Waals surface area contributed by atoms with Crippen molar-refractivity contribution in [2.24, 2.45) is 0 Å². The summed E-state index contributed by atoms with van der Waals surface area (Å²) in [6.45, 7) is 6.95. The number of piperazine rings is 1. The van der Waals surface area contributed by atoms with Crippen molar-refractivity contribution >= 4 is 5.82 Å². The van der Waals surface area contributed by atoms with Gasteiger partial charge in [-0.3, -0.25) is 14.7 Å². The Morgan fingerprint density at radius 3 is 2.61 bits per heavy atom. The van der Waals surface area contributed by atoms with Crippen LogP contribution in [0.1, 0.15) is 5.82 Å². The molecule has 0 unspecified atom stereocenters. The number of hydrogen-bond acceptors (Lipinski definition) is 7. The number of pyridine rings is 1. The molecule has 1 saturated heterocycles. The molecule has 0 N–H and O–H groups in total. The molecule has 4 heterocycles. The molecule has 0 radical (unpaired) electrons. The molecule has 1 aliphatic heterocycles. The zero-order chi connectivity index (χ0) is 19.3. The third kappa shape index (κ3) is 4.23. The van der Waals surface area contributed by atoms with Crippen LogP contribution in [0.4, 0.5) is 5.82 Å². The van der Waals surface area contributed by atoms with Crippen molar-refractivity contribution < 1.29 is 0 Å². The largest absolute Gasteiger partial charge is 0.354 e. The van der Waals surface area contributed by atoms with Gasteiger partial charge in [-0.15, -0.1) is 0 Å². The first-order chi connectivity index (χ1) is 13.7. The first-order valence-electron chi connectivity index (χ1n) is 9.44. The normalized spacial score (nSPS) is 15.0. The van der Waals surface area contributed by atoms with E-state index >= 15 is 0 Å². The molecule has 0 amide bonds. The van der Waals surface area contributed by atoms with Gasteiger partial charge in [-0.25, -0.2) is 14.6 Å². The Kier molecular flexibility index (Phi) is 5.38. The summed E-state index contributed by atoms with van der Waals surface area (Å²) >= 11 is 0. The standard InChI is InChI=1S/C20H23N7O/c1-16-22-8-6-19(23-16)26-12-9-25(10-13-26)11-14-27-20(28)5-4-18(24-27)17-3-2-7-21-15-17/h2-8,15H,9-14H2,1H3. The van der Waals surface area contributed by atoms with Gasteiger partial charge in [0.25, 0.3) is 5.56 Å². The first-order valence-corrected chi connectivity index (χ1v) is 9.44. The molecule has 3 aromatic heterocycles. The molecule has 1 aliphatic rings. The Morgan fingerprint density at radius 2 is 1.86 bits per heavy atom. The Balaban J connectivity index is 1.36. The summed E-state index contributed by atoms with van der Waals surface area (Å²) in [5.41, 5.74) is 1.59. The molecule has 144 valence electrons. The summed E-state index contributed by atoms with van der Waals surface area (Å²) in [6.07, 6.45) is 5.28. The molecule has 0 aliphatic carbocycles. The van der Waals surface area contributed by atoms with Crippen LogP contribution in [0.3, 0.4) is 0 Å². The molecule has 0 spiro atoms. The smallest absolute Gasteiger partial charge is 0.266 e. The topological polar surface area (TPSA) is 80.0 Å². The van der Waals surface area contributed by atoms with E-state index in [0.717, 1.165) is 55.6 Å². The predicted octanol–water partition coefficient (Wildman–Crippen LogP) is 1.23. The quantitative estimate of drug-likeness (QED) is 0.661. The van der Waals surface area contributed by atoms with E-state index in [1.165, 1.54) is 0 Å².